The van der Waals surface area contributed by atoms with E-state index in [4.69, 9.17) is 0 Å². The molecule has 0 unspecified atom stereocenters. The Balaban J connectivity index is 1.88. The zero-order chi connectivity index (χ0) is 22.9. The second kappa shape index (κ2) is 8.75. The summed E-state index contributed by atoms with van der Waals surface area (Å²) in [5.74, 6) is 0.439. The van der Waals surface area contributed by atoms with E-state index in [1.54, 1.807) is 28.8 Å². The van der Waals surface area contributed by atoms with Gasteiger partial charge in [-0.15, -0.1) is 10.2 Å². The summed E-state index contributed by atoms with van der Waals surface area (Å²) < 4.78 is 42.1. The topological polar surface area (TPSA) is 73.8 Å². The largest absolute Gasteiger partial charge is 0.416 e. The van der Waals surface area contributed by atoms with Crippen LogP contribution >= 0.6 is 27.7 Å². The third-order valence-electron chi connectivity index (χ3n) is 4.42. The maximum absolute atomic E-state index is 13.2. The van der Waals surface area contributed by atoms with Crippen molar-refractivity contribution in [2.24, 2.45) is 0 Å². The molecular formula is C21H12BrF3N4O2S. The Labute approximate surface area is 192 Å². The van der Waals surface area contributed by atoms with Crippen LogP contribution in [-0.4, -0.2) is 19.7 Å². The molecule has 0 saturated heterocycles. The standard InChI is InChI=1S/C21H12BrF3N4O2S/c22-15-6-4-5-13(11-15)19-26-27-20(28(19)16-7-2-1-3-8-16)32-18-12-14(21(23,24)25)9-10-17(18)29(30)31/h1-12H. The molecular weight excluding hydrogens is 509 g/mol. The number of rotatable bonds is 5. The summed E-state index contributed by atoms with van der Waals surface area (Å²) in [4.78, 5) is 10.5. The first-order chi connectivity index (χ1) is 15.2. The van der Waals surface area contributed by atoms with Crippen molar-refractivity contribution in [3.63, 3.8) is 0 Å². The first-order valence-electron chi connectivity index (χ1n) is 9.04. The predicted molar refractivity (Wildman–Crippen MR) is 117 cm³/mol. The fraction of sp³-hybridized carbons (Fsp3) is 0.0476. The number of aromatic nitrogens is 3. The molecule has 0 saturated carbocycles. The van der Waals surface area contributed by atoms with E-state index in [1.807, 2.05) is 30.3 Å². The molecule has 0 spiro atoms. The van der Waals surface area contributed by atoms with Crippen LogP contribution in [0, 0.1) is 10.1 Å². The van der Waals surface area contributed by atoms with Crippen LogP contribution in [0.2, 0.25) is 0 Å². The van der Waals surface area contributed by atoms with Gasteiger partial charge in [0.2, 0.25) is 5.16 Å². The SMILES string of the molecule is O=[N+]([O-])c1ccc(C(F)(F)F)cc1Sc1nnc(-c2cccc(Br)c2)n1-c1ccccc1. The minimum absolute atomic E-state index is 0.185. The number of nitrogens with zero attached hydrogens (tertiary/aromatic N) is 4. The molecule has 0 aliphatic carbocycles. The van der Waals surface area contributed by atoms with Crippen LogP contribution in [0.4, 0.5) is 18.9 Å². The van der Waals surface area contributed by atoms with Gasteiger partial charge in [-0.25, -0.2) is 0 Å². The molecule has 1 aromatic heterocycles. The number of para-hydroxylation sites is 1. The number of alkyl halides is 3. The molecule has 162 valence electrons. The predicted octanol–water partition coefficient (Wildman–Crippen LogP) is 6.78. The average Bonchev–Trinajstić information content (AvgIpc) is 3.17. The second-order valence-electron chi connectivity index (χ2n) is 6.53. The van der Waals surface area contributed by atoms with Crippen LogP contribution in [0.3, 0.4) is 0 Å². The van der Waals surface area contributed by atoms with Crippen molar-refractivity contribution in [2.75, 3.05) is 0 Å². The zero-order valence-electron chi connectivity index (χ0n) is 16.0. The van der Waals surface area contributed by atoms with Crippen molar-refractivity contribution in [1.29, 1.82) is 0 Å². The average molecular weight is 521 g/mol. The van der Waals surface area contributed by atoms with E-state index in [2.05, 4.69) is 26.1 Å². The number of hydrogen-bond donors (Lipinski definition) is 0. The minimum atomic E-state index is -4.64. The molecule has 1 heterocycles. The molecule has 0 radical (unpaired) electrons. The maximum atomic E-state index is 13.2. The third-order valence-corrected chi connectivity index (χ3v) is 5.90. The molecule has 0 aliphatic rings. The Hall–Kier alpha value is -3.18. The zero-order valence-corrected chi connectivity index (χ0v) is 18.4. The lowest BCUT2D eigenvalue weighted by atomic mass is 10.2. The van der Waals surface area contributed by atoms with Crippen LogP contribution in [-0.2, 0) is 6.18 Å². The van der Waals surface area contributed by atoms with E-state index < -0.39 is 22.4 Å². The highest BCUT2D eigenvalue weighted by Gasteiger charge is 2.33. The fourth-order valence-corrected chi connectivity index (χ4v) is 4.38. The summed E-state index contributed by atoms with van der Waals surface area (Å²) in [7, 11) is 0. The van der Waals surface area contributed by atoms with Gasteiger partial charge in [-0.2, -0.15) is 13.2 Å². The quantitative estimate of drug-likeness (QED) is 0.214. The van der Waals surface area contributed by atoms with Crippen molar-refractivity contribution < 1.29 is 18.1 Å². The van der Waals surface area contributed by atoms with Crippen molar-refractivity contribution in [2.45, 2.75) is 16.2 Å². The van der Waals surface area contributed by atoms with E-state index in [0.29, 0.717) is 23.1 Å². The summed E-state index contributed by atoms with van der Waals surface area (Å²) in [5.41, 5.74) is -0.0658. The van der Waals surface area contributed by atoms with Crippen LogP contribution < -0.4 is 0 Å². The molecule has 3 aromatic carbocycles. The van der Waals surface area contributed by atoms with Crippen molar-refractivity contribution in [3.05, 3.63) is 92.9 Å². The number of halogens is 4. The van der Waals surface area contributed by atoms with Gasteiger partial charge in [0.15, 0.2) is 5.82 Å². The van der Waals surface area contributed by atoms with Gasteiger partial charge in [-0.05, 0) is 48.2 Å². The van der Waals surface area contributed by atoms with Crippen LogP contribution in [0.5, 0.6) is 0 Å². The number of nitro benzene ring substituents is 1. The molecule has 0 N–H and O–H groups in total. The summed E-state index contributed by atoms with van der Waals surface area (Å²) in [6, 6.07) is 18.6. The molecule has 6 nitrogen and oxygen atoms in total. The number of hydrogen-bond acceptors (Lipinski definition) is 5. The summed E-state index contributed by atoms with van der Waals surface area (Å²) in [6.07, 6.45) is -4.64. The molecule has 11 heteroatoms. The Kier molecular flexibility index (Phi) is 6.02. The van der Waals surface area contributed by atoms with Gasteiger partial charge < -0.3 is 0 Å². The first-order valence-corrected chi connectivity index (χ1v) is 10.7. The second-order valence-corrected chi connectivity index (χ2v) is 8.45. The Bertz CT molecular complexity index is 1300. The Morgan fingerprint density at radius 2 is 1.72 bits per heavy atom. The van der Waals surface area contributed by atoms with Gasteiger partial charge in [0, 0.05) is 21.8 Å². The van der Waals surface area contributed by atoms with Crippen LogP contribution in [0.25, 0.3) is 17.1 Å². The van der Waals surface area contributed by atoms with E-state index in [-0.39, 0.29) is 10.1 Å². The first kappa shape index (κ1) is 22.0. The number of nitro groups is 1. The summed E-state index contributed by atoms with van der Waals surface area (Å²) in [5, 5.41) is 20.0. The van der Waals surface area contributed by atoms with Crippen molar-refractivity contribution >= 4 is 33.4 Å². The molecule has 0 bridgehead atoms. The molecule has 32 heavy (non-hydrogen) atoms. The van der Waals surface area contributed by atoms with Gasteiger partial charge in [-0.3, -0.25) is 14.7 Å². The lowest BCUT2D eigenvalue weighted by Gasteiger charge is -2.12. The molecule has 0 fully saturated rings. The van der Waals surface area contributed by atoms with Gasteiger partial charge in [0.1, 0.15) is 0 Å². The summed E-state index contributed by atoms with van der Waals surface area (Å²) in [6.45, 7) is 0. The molecule has 4 rings (SSSR count). The monoisotopic (exact) mass is 520 g/mol. The van der Waals surface area contributed by atoms with Crippen molar-refractivity contribution in [1.82, 2.24) is 14.8 Å². The minimum Gasteiger partial charge on any atom is -0.270 e. The van der Waals surface area contributed by atoms with E-state index in [9.17, 15) is 23.3 Å². The third kappa shape index (κ3) is 4.53. The van der Waals surface area contributed by atoms with E-state index >= 15 is 0 Å². The Morgan fingerprint density at radius 1 is 0.969 bits per heavy atom. The van der Waals surface area contributed by atoms with Crippen molar-refractivity contribution in [3.8, 4) is 17.1 Å². The van der Waals surface area contributed by atoms with Gasteiger partial charge in [-0.1, -0.05) is 46.3 Å². The maximum Gasteiger partial charge on any atom is 0.416 e. The van der Waals surface area contributed by atoms with Crippen LogP contribution in [0.15, 0.2) is 87.3 Å². The van der Waals surface area contributed by atoms with E-state index in [0.717, 1.165) is 28.4 Å². The lowest BCUT2D eigenvalue weighted by Crippen LogP contribution is -2.06. The highest BCUT2D eigenvalue weighted by Crippen LogP contribution is 2.40. The van der Waals surface area contributed by atoms with Gasteiger partial charge >= 0.3 is 6.18 Å². The summed E-state index contributed by atoms with van der Waals surface area (Å²) >= 11 is 4.16. The van der Waals surface area contributed by atoms with Gasteiger partial charge in [0.25, 0.3) is 5.69 Å². The molecule has 4 aromatic rings. The van der Waals surface area contributed by atoms with Gasteiger partial charge in [0.05, 0.1) is 15.4 Å². The smallest absolute Gasteiger partial charge is 0.270 e. The molecule has 0 aliphatic heterocycles. The molecule has 0 amide bonds. The normalized spacial score (nSPS) is 11.5. The highest BCUT2D eigenvalue weighted by atomic mass is 79.9. The highest BCUT2D eigenvalue weighted by molar-refractivity contribution is 9.10. The fourth-order valence-electron chi connectivity index (χ4n) is 2.98. The van der Waals surface area contributed by atoms with E-state index in [1.165, 1.54) is 0 Å². The molecule has 0 atom stereocenters. The van der Waals surface area contributed by atoms with Crippen LogP contribution in [0.1, 0.15) is 5.56 Å². The lowest BCUT2D eigenvalue weighted by molar-refractivity contribution is -0.387. The Morgan fingerprint density at radius 3 is 2.38 bits per heavy atom. The number of benzene rings is 3.